The number of benzene rings is 1. The van der Waals surface area contributed by atoms with E-state index >= 15 is 0 Å². The molecule has 0 fully saturated rings. The fraction of sp³-hybridized carbons (Fsp3) is 0.308. The minimum atomic E-state index is -0.480. The lowest BCUT2D eigenvalue weighted by Gasteiger charge is -2.09. The van der Waals surface area contributed by atoms with Crippen LogP contribution in [-0.4, -0.2) is 14.7 Å². The molecule has 1 heterocycles. The first-order valence-corrected chi connectivity index (χ1v) is 5.54. The molecule has 0 radical (unpaired) electrons. The van der Waals surface area contributed by atoms with E-state index in [0.717, 1.165) is 17.1 Å². The van der Waals surface area contributed by atoms with E-state index in [9.17, 15) is 5.11 Å². The van der Waals surface area contributed by atoms with Gasteiger partial charge >= 0.3 is 0 Å². The van der Waals surface area contributed by atoms with Crippen molar-refractivity contribution in [3.05, 3.63) is 48.0 Å². The lowest BCUT2D eigenvalue weighted by atomic mass is 10.1. The van der Waals surface area contributed by atoms with Crippen molar-refractivity contribution in [1.82, 2.24) is 9.55 Å². The molecule has 1 aromatic heterocycles. The molecule has 0 saturated heterocycles. The summed E-state index contributed by atoms with van der Waals surface area (Å²) in [5.74, 6) is 1.61. The van der Waals surface area contributed by atoms with Gasteiger partial charge in [0, 0.05) is 19.4 Å². The second-order valence-corrected chi connectivity index (χ2v) is 3.99. The van der Waals surface area contributed by atoms with Crippen molar-refractivity contribution in [2.24, 2.45) is 7.05 Å². The Kier molecular flexibility index (Phi) is 3.44. The number of aliphatic hydroxyl groups is 1. The van der Waals surface area contributed by atoms with Crippen LogP contribution in [0.4, 0.5) is 0 Å². The Balaban J connectivity index is 2.04. The highest BCUT2D eigenvalue weighted by Gasteiger charge is 2.04. The first-order valence-electron chi connectivity index (χ1n) is 5.54. The smallest absolute Gasteiger partial charge is 0.146 e. The maximum Gasteiger partial charge on any atom is 0.146 e. The van der Waals surface area contributed by atoms with Crippen LogP contribution < -0.4 is 4.74 Å². The number of imidazole rings is 1. The largest absolute Gasteiger partial charge is 0.486 e. The van der Waals surface area contributed by atoms with E-state index < -0.39 is 6.10 Å². The van der Waals surface area contributed by atoms with Gasteiger partial charge < -0.3 is 14.4 Å². The van der Waals surface area contributed by atoms with Crippen LogP contribution in [0.25, 0.3) is 0 Å². The molecule has 2 aromatic rings. The molecule has 0 unspecified atom stereocenters. The van der Waals surface area contributed by atoms with Crippen LogP contribution in [0.3, 0.4) is 0 Å². The lowest BCUT2D eigenvalue weighted by molar-refractivity contribution is 0.198. The van der Waals surface area contributed by atoms with Crippen molar-refractivity contribution in [3.8, 4) is 5.75 Å². The summed E-state index contributed by atoms with van der Waals surface area (Å²) in [6.07, 6.45) is 3.14. The second-order valence-electron chi connectivity index (χ2n) is 3.99. The topological polar surface area (TPSA) is 47.3 Å². The minimum Gasteiger partial charge on any atom is -0.486 e. The van der Waals surface area contributed by atoms with Gasteiger partial charge in [0.25, 0.3) is 0 Å². The van der Waals surface area contributed by atoms with Crippen molar-refractivity contribution in [3.63, 3.8) is 0 Å². The van der Waals surface area contributed by atoms with Gasteiger partial charge in [0.2, 0.25) is 0 Å². The summed E-state index contributed by atoms with van der Waals surface area (Å²) in [6.45, 7) is 2.16. The molecule has 0 bridgehead atoms. The van der Waals surface area contributed by atoms with Gasteiger partial charge in [-0.15, -0.1) is 0 Å². The van der Waals surface area contributed by atoms with Crippen molar-refractivity contribution >= 4 is 0 Å². The van der Waals surface area contributed by atoms with Crippen molar-refractivity contribution in [2.75, 3.05) is 0 Å². The molecule has 1 atom stereocenters. The van der Waals surface area contributed by atoms with Crippen LogP contribution in [0.2, 0.25) is 0 Å². The van der Waals surface area contributed by atoms with E-state index in [0.29, 0.717) is 6.61 Å². The number of ether oxygens (including phenoxy) is 1. The molecule has 4 heteroatoms. The highest BCUT2D eigenvalue weighted by atomic mass is 16.5. The normalized spacial score (nSPS) is 12.4. The van der Waals surface area contributed by atoms with Crippen LogP contribution in [0.5, 0.6) is 5.75 Å². The van der Waals surface area contributed by atoms with Crippen LogP contribution >= 0.6 is 0 Å². The fourth-order valence-electron chi connectivity index (χ4n) is 1.55. The summed E-state index contributed by atoms with van der Waals surface area (Å²) in [7, 11) is 1.93. The standard InChI is InChI=1S/C13H16N2O2/c1-10(16)11-4-3-5-12(8-11)17-9-13-14-6-7-15(13)2/h3-8,10,16H,9H2,1-2H3/t10-/m1/s1. The van der Waals surface area contributed by atoms with E-state index in [1.165, 1.54) is 0 Å². The molecule has 4 nitrogen and oxygen atoms in total. The average Bonchev–Trinajstić information content (AvgIpc) is 2.72. The van der Waals surface area contributed by atoms with Gasteiger partial charge in [-0.3, -0.25) is 0 Å². The highest BCUT2D eigenvalue weighted by molar-refractivity contribution is 5.29. The zero-order chi connectivity index (χ0) is 12.3. The highest BCUT2D eigenvalue weighted by Crippen LogP contribution is 2.19. The van der Waals surface area contributed by atoms with Gasteiger partial charge in [-0.1, -0.05) is 12.1 Å². The second kappa shape index (κ2) is 5.01. The lowest BCUT2D eigenvalue weighted by Crippen LogP contribution is -2.03. The Bertz CT molecular complexity index is 492. The summed E-state index contributed by atoms with van der Waals surface area (Å²) in [4.78, 5) is 4.18. The molecular formula is C13H16N2O2. The minimum absolute atomic E-state index is 0.423. The van der Waals surface area contributed by atoms with E-state index in [1.54, 1.807) is 13.1 Å². The van der Waals surface area contributed by atoms with Crippen molar-refractivity contribution < 1.29 is 9.84 Å². The van der Waals surface area contributed by atoms with Crippen LogP contribution in [0.1, 0.15) is 24.4 Å². The summed E-state index contributed by atoms with van der Waals surface area (Å²) >= 11 is 0. The van der Waals surface area contributed by atoms with Crippen molar-refractivity contribution in [2.45, 2.75) is 19.6 Å². The molecule has 1 aromatic carbocycles. The van der Waals surface area contributed by atoms with Gasteiger partial charge in [-0.2, -0.15) is 0 Å². The SMILES string of the molecule is C[C@@H](O)c1cccc(OCc2nccn2C)c1. The Morgan fingerprint density at radius 2 is 2.29 bits per heavy atom. The Hall–Kier alpha value is -1.81. The number of hydrogen-bond acceptors (Lipinski definition) is 3. The first kappa shape index (κ1) is 11.7. The van der Waals surface area contributed by atoms with E-state index in [-0.39, 0.29) is 0 Å². The number of hydrogen-bond donors (Lipinski definition) is 1. The summed E-state index contributed by atoms with van der Waals surface area (Å²) in [6, 6.07) is 7.45. The predicted molar refractivity (Wildman–Crippen MR) is 64.6 cm³/mol. The molecular weight excluding hydrogens is 216 g/mol. The number of aromatic nitrogens is 2. The fourth-order valence-corrected chi connectivity index (χ4v) is 1.55. The molecule has 90 valence electrons. The zero-order valence-electron chi connectivity index (χ0n) is 10.00. The van der Waals surface area contributed by atoms with E-state index in [1.807, 2.05) is 42.1 Å². The molecule has 0 aliphatic rings. The van der Waals surface area contributed by atoms with Gasteiger partial charge in [-0.25, -0.2) is 4.98 Å². The van der Waals surface area contributed by atoms with Crippen molar-refractivity contribution in [1.29, 1.82) is 0 Å². The monoisotopic (exact) mass is 232 g/mol. The third kappa shape index (κ3) is 2.85. The molecule has 17 heavy (non-hydrogen) atoms. The van der Waals surface area contributed by atoms with Gasteiger partial charge in [0.05, 0.1) is 6.10 Å². The molecule has 0 aliphatic carbocycles. The summed E-state index contributed by atoms with van der Waals surface area (Å²) in [5.41, 5.74) is 0.849. The van der Waals surface area contributed by atoms with E-state index in [2.05, 4.69) is 4.98 Å². The number of aryl methyl sites for hydroxylation is 1. The number of nitrogens with zero attached hydrogens (tertiary/aromatic N) is 2. The van der Waals surface area contributed by atoms with Crippen LogP contribution in [-0.2, 0) is 13.7 Å². The van der Waals surface area contributed by atoms with Gasteiger partial charge in [-0.05, 0) is 24.6 Å². The number of rotatable bonds is 4. The molecule has 0 amide bonds. The third-order valence-electron chi connectivity index (χ3n) is 2.63. The predicted octanol–water partition coefficient (Wildman–Crippen LogP) is 2.05. The molecule has 0 aliphatic heterocycles. The van der Waals surface area contributed by atoms with E-state index in [4.69, 9.17) is 4.74 Å². The summed E-state index contributed by atoms with van der Waals surface area (Å²) in [5, 5.41) is 9.47. The Morgan fingerprint density at radius 1 is 1.47 bits per heavy atom. The molecule has 2 rings (SSSR count). The summed E-state index contributed by atoms with van der Waals surface area (Å²) < 4.78 is 7.54. The molecule has 0 saturated carbocycles. The average molecular weight is 232 g/mol. The Labute approximate surface area is 100 Å². The maximum atomic E-state index is 9.47. The quantitative estimate of drug-likeness (QED) is 0.877. The zero-order valence-corrected chi connectivity index (χ0v) is 10.00. The molecule has 0 spiro atoms. The van der Waals surface area contributed by atoms with Gasteiger partial charge in [0.15, 0.2) is 0 Å². The van der Waals surface area contributed by atoms with Crippen LogP contribution in [0.15, 0.2) is 36.7 Å². The van der Waals surface area contributed by atoms with Gasteiger partial charge in [0.1, 0.15) is 18.2 Å². The third-order valence-corrected chi connectivity index (χ3v) is 2.63. The maximum absolute atomic E-state index is 9.47. The first-order chi connectivity index (χ1) is 8.16. The Morgan fingerprint density at radius 3 is 2.94 bits per heavy atom. The van der Waals surface area contributed by atoms with Crippen LogP contribution in [0, 0.1) is 0 Å². The molecule has 1 N–H and O–H groups in total. The number of aliphatic hydroxyl groups excluding tert-OH is 1.